The molecule has 8 aromatic carbocycles. The van der Waals surface area contributed by atoms with E-state index in [9.17, 15) is 43.9 Å². The largest absolute Gasteiger partial charge is 0.573 e. The second kappa shape index (κ2) is 37.9. The van der Waals surface area contributed by atoms with Crippen LogP contribution in [0.25, 0.3) is 91.8 Å². The molecule has 0 atom stereocenters. The van der Waals surface area contributed by atoms with E-state index in [1.165, 1.54) is 88.5 Å². The molecule has 12 aromatic heterocycles. The number of hydrogen-bond acceptors (Lipinski definition) is 25. The molecular weight excluding hydrogens is 1910 g/mol. The molecule has 0 fully saturated rings. The highest BCUT2D eigenvalue weighted by Crippen LogP contribution is 2.44. The molecule has 24 rings (SSSR count). The summed E-state index contributed by atoms with van der Waals surface area (Å²) in [6.45, 7) is 11.9. The van der Waals surface area contributed by atoms with Crippen molar-refractivity contribution in [2.75, 3.05) is 0 Å². The summed E-state index contributed by atoms with van der Waals surface area (Å²) in [5, 5.41) is 52.3. The summed E-state index contributed by atoms with van der Waals surface area (Å²) in [6.07, 6.45) is 3.31. The lowest BCUT2D eigenvalue weighted by Gasteiger charge is -2.13. The van der Waals surface area contributed by atoms with Crippen LogP contribution in [-0.2, 0) is 70.4 Å². The number of imidazole rings is 4. The second-order valence-electron chi connectivity index (χ2n) is 34.6. The van der Waals surface area contributed by atoms with E-state index in [1.54, 1.807) is 76.6 Å². The van der Waals surface area contributed by atoms with Crippen LogP contribution in [0.15, 0.2) is 213 Å². The summed E-state index contributed by atoms with van der Waals surface area (Å²) < 4.78 is 174. The molecule has 0 aliphatic carbocycles. The molecule has 0 unspecified atom stereocenters. The molecule has 4 aliphatic heterocycles. The first-order chi connectivity index (χ1) is 69.0. The van der Waals surface area contributed by atoms with Crippen LogP contribution in [0.2, 0.25) is 10.0 Å². The number of nitrogens with zero attached hydrogens (tertiary/aromatic N) is 28. The monoisotopic (exact) mass is 1980 g/mol. The Hall–Kier alpha value is -16.6. The highest BCUT2D eigenvalue weighted by atomic mass is 35.5. The molecule has 33 nitrogen and oxygen atoms in total. The Bertz CT molecular complexity index is 8160. The molecule has 16 heterocycles. The number of fused-ring (bicyclic) bond motifs is 20. The van der Waals surface area contributed by atoms with E-state index in [1.807, 2.05) is 89.5 Å². The van der Waals surface area contributed by atoms with E-state index < -0.39 is 29.7 Å². The van der Waals surface area contributed by atoms with Gasteiger partial charge < -0.3 is 22.8 Å². The fraction of sp³-hybridized carbons (Fsp3) is 0.224. The predicted molar refractivity (Wildman–Crippen MR) is 493 cm³/mol. The van der Waals surface area contributed by atoms with Crippen molar-refractivity contribution in [3.63, 3.8) is 0 Å². The van der Waals surface area contributed by atoms with E-state index in [0.717, 1.165) is 105 Å². The maximum absolute atomic E-state index is 13.8. The molecule has 143 heavy (non-hydrogen) atoms. The number of halogens is 12. The average Bonchev–Trinajstić information content (AvgIpc) is 1.63. The van der Waals surface area contributed by atoms with Gasteiger partial charge in [-0.2, -0.15) is 33.1 Å². The summed E-state index contributed by atoms with van der Waals surface area (Å²) >= 11 is 12.7. The molecule has 4 aliphatic rings. The Kier molecular flexibility index (Phi) is 24.6. The van der Waals surface area contributed by atoms with Gasteiger partial charge in [0.1, 0.15) is 54.3 Å². The fourth-order valence-electron chi connectivity index (χ4n) is 17.3. The molecule has 20 aromatic rings. The van der Waals surface area contributed by atoms with Crippen LogP contribution in [-0.4, -0.2) is 145 Å². The van der Waals surface area contributed by atoms with Crippen LogP contribution in [0.1, 0.15) is 186 Å². The fourth-order valence-corrected chi connectivity index (χ4v) is 17.6. The molecule has 0 N–H and O–H groups in total. The topological polar surface area (TPSA) is 359 Å². The molecular formula is C98H76Cl2F10N28O5. The van der Waals surface area contributed by atoms with Crippen LogP contribution in [0.4, 0.5) is 43.9 Å². The summed E-state index contributed by atoms with van der Waals surface area (Å²) in [6, 6.07) is 43.5. The molecule has 722 valence electrons. The lowest BCUT2D eigenvalue weighted by Crippen LogP contribution is -2.17. The van der Waals surface area contributed by atoms with Gasteiger partial charge in [0.25, 0.3) is 23.6 Å². The van der Waals surface area contributed by atoms with Gasteiger partial charge in [-0.1, -0.05) is 155 Å². The van der Waals surface area contributed by atoms with E-state index in [4.69, 9.17) is 41.3 Å². The van der Waals surface area contributed by atoms with Crippen LogP contribution in [0.5, 0.6) is 5.75 Å². The van der Waals surface area contributed by atoms with Crippen molar-refractivity contribution in [3.8, 4) is 97.6 Å². The van der Waals surface area contributed by atoms with Gasteiger partial charge in [-0.3, -0.25) is 18.3 Å². The standard InChI is InChI=1S/C25H19F4N7O2.C25H19F4N7O.2C24H19ClFN7O/c1-2-3-22-31-24(38-33-22)23-21-12-19-17(10-14-4-6-15(26)7-5-14)32-34-36(19)20-11-16(37-25(27,28)29)8-9-18(20)35(21)13-30-23;1-13(2)23-31-24(37-33-23)22-21-11-19-17(9-14-4-3-5-16(26)8-14)32-34-36(19)20-10-15(25(27,28)29)6-7-18(20)35(21)12-30-22;1-13(2)23-28-24(34-30-23)22-21-11-19-17(9-14-3-6-16(26)7-4-14)29-31-33(19)20-10-15(25)5-8-18(20)32(21)12-27-22;1-2-3-22-28-24(34-30-22)23-21-12-19-17(10-14-4-7-16(26)8-5-14)29-31-33(19)20-11-15(25)6-9-18(20)32(21)13-27-23/h4-9,11,13H,2-3,10,12H2,1H3;3-8,10,12-13H,9,11H2,1-2H3;3-8,10,12-13H,9,11H2,1-2H3;4-9,11,13H,2-3,10,12H2,1H3. The van der Waals surface area contributed by atoms with Gasteiger partial charge in [0.2, 0.25) is 0 Å². The Morgan fingerprint density at radius 1 is 0.350 bits per heavy atom. The van der Waals surface area contributed by atoms with Gasteiger partial charge in [0.05, 0.1) is 119 Å². The molecule has 0 bridgehead atoms. The number of benzene rings is 8. The van der Waals surface area contributed by atoms with Crippen molar-refractivity contribution in [3.05, 3.63) is 348 Å². The van der Waals surface area contributed by atoms with Crippen molar-refractivity contribution >= 4 is 23.2 Å². The van der Waals surface area contributed by atoms with Crippen LogP contribution < -0.4 is 4.74 Å². The minimum absolute atomic E-state index is 0.0312. The van der Waals surface area contributed by atoms with Crippen LogP contribution in [0, 0.1) is 23.3 Å². The first-order valence-electron chi connectivity index (χ1n) is 45.1. The second-order valence-corrected chi connectivity index (χ2v) is 35.4. The molecule has 0 radical (unpaired) electrons. The number of aromatic nitrogens is 28. The molecule has 45 heteroatoms. The summed E-state index contributed by atoms with van der Waals surface area (Å²) in [7, 11) is 0. The van der Waals surface area contributed by atoms with Gasteiger partial charge in [0, 0.05) is 92.2 Å². The van der Waals surface area contributed by atoms with Crippen molar-refractivity contribution in [1.29, 1.82) is 0 Å². The smallest absolute Gasteiger partial charge is 0.406 e. The lowest BCUT2D eigenvalue weighted by molar-refractivity contribution is -0.274. The Morgan fingerprint density at radius 2 is 0.685 bits per heavy atom. The number of ether oxygens (including phenoxy) is 1. The minimum Gasteiger partial charge on any atom is -0.406 e. The van der Waals surface area contributed by atoms with Gasteiger partial charge in [-0.05, 0) is 150 Å². The number of hydrogen-bond donors (Lipinski definition) is 0. The summed E-state index contributed by atoms with van der Waals surface area (Å²) in [4.78, 5) is 36.3. The number of alkyl halides is 6. The lowest BCUT2D eigenvalue weighted by atomic mass is 10.1. The quantitative estimate of drug-likeness (QED) is 0.0679. The van der Waals surface area contributed by atoms with Gasteiger partial charge in [0.15, 0.2) is 46.1 Å². The summed E-state index contributed by atoms with van der Waals surface area (Å²) in [5.74, 6) is 2.00. The first-order valence-corrected chi connectivity index (χ1v) is 45.8. The highest BCUT2D eigenvalue weighted by Gasteiger charge is 2.39. The Morgan fingerprint density at radius 3 is 1.03 bits per heavy atom. The number of rotatable bonds is 19. The van der Waals surface area contributed by atoms with Crippen molar-refractivity contribution in [2.45, 2.75) is 143 Å². The highest BCUT2D eigenvalue weighted by molar-refractivity contribution is 6.31. The Labute approximate surface area is 812 Å². The molecule has 0 spiro atoms. The molecule has 0 saturated heterocycles. The third kappa shape index (κ3) is 18.6. The van der Waals surface area contributed by atoms with E-state index >= 15 is 0 Å². The van der Waals surface area contributed by atoms with Gasteiger partial charge in [-0.15, -0.1) is 33.6 Å². The van der Waals surface area contributed by atoms with Gasteiger partial charge >= 0.3 is 12.5 Å². The summed E-state index contributed by atoms with van der Waals surface area (Å²) in [5.41, 5.74) is 18.0. The van der Waals surface area contributed by atoms with E-state index in [0.29, 0.717) is 163 Å². The predicted octanol–water partition coefficient (Wildman–Crippen LogP) is 19.9. The molecule has 0 saturated carbocycles. The normalized spacial score (nSPS) is 12.5. The van der Waals surface area contributed by atoms with Gasteiger partial charge in [-0.25, -0.2) is 56.2 Å². The van der Waals surface area contributed by atoms with E-state index in [2.05, 4.69) is 113 Å². The Balaban J connectivity index is 0.000000113. The SMILES string of the molecule is CC(C)c1noc(-c2ncn3c2Cc2c(Cc4ccc(F)cc4)nnn2-c2cc(Cl)ccc2-3)n1.CC(C)c1noc(-c2ncn3c2Cc2c(Cc4cccc(F)c4)nnn2-c2cc(C(F)(F)F)ccc2-3)n1.CCCc1noc(-c2ncn3c2Cc2c(Cc4ccc(F)cc4)nnn2-c2cc(Cl)ccc2-3)n1.CCCc1noc(-c2ncn3c2Cc2c(Cc4ccc(F)cc4)nnn2-c2cc(OC(F)(F)F)ccc2-3)n1. The molecule has 0 amide bonds. The first kappa shape index (κ1) is 92.7. The number of aryl methyl sites for hydroxylation is 2. The minimum atomic E-state index is -4.86. The average molecular weight is 1990 g/mol. The zero-order chi connectivity index (χ0) is 99.0. The zero-order valence-corrected chi connectivity index (χ0v) is 77.7. The maximum Gasteiger partial charge on any atom is 0.573 e. The van der Waals surface area contributed by atoms with Crippen molar-refractivity contribution in [2.24, 2.45) is 0 Å². The third-order valence-electron chi connectivity index (χ3n) is 24.2. The van der Waals surface area contributed by atoms with Crippen LogP contribution in [0.3, 0.4) is 0 Å². The zero-order valence-electron chi connectivity index (χ0n) is 76.2. The van der Waals surface area contributed by atoms with Crippen LogP contribution >= 0.6 is 23.2 Å². The van der Waals surface area contributed by atoms with Crippen molar-refractivity contribution < 1.29 is 66.7 Å². The van der Waals surface area contributed by atoms with Crippen molar-refractivity contribution in [1.82, 2.24) is 139 Å². The maximum atomic E-state index is 13.8. The van der Waals surface area contributed by atoms with E-state index in [-0.39, 0.29) is 66.0 Å². The third-order valence-corrected chi connectivity index (χ3v) is 24.7.